The molecule has 120 valence electrons. The van der Waals surface area contributed by atoms with E-state index < -0.39 is 0 Å². The van der Waals surface area contributed by atoms with Crippen molar-refractivity contribution >= 4 is 34.2 Å². The Morgan fingerprint density at radius 1 is 1.39 bits per heavy atom. The summed E-state index contributed by atoms with van der Waals surface area (Å²) in [5, 5.41) is 12.7. The maximum Gasteiger partial charge on any atom is 0.223 e. The zero-order chi connectivity index (χ0) is 17.0. The average molecular weight is 332 g/mol. The molecular formula is C16H16N2O4S. The smallest absolute Gasteiger partial charge is 0.223 e. The molecule has 6 nitrogen and oxygen atoms in total. The van der Waals surface area contributed by atoms with Gasteiger partial charge in [-0.1, -0.05) is 23.5 Å². The van der Waals surface area contributed by atoms with Gasteiger partial charge in [0.25, 0.3) is 0 Å². The molecule has 0 aliphatic heterocycles. The van der Waals surface area contributed by atoms with Crippen LogP contribution in [0.5, 0.6) is 11.5 Å². The van der Waals surface area contributed by atoms with Gasteiger partial charge < -0.3 is 15.2 Å². The number of benzene rings is 1. The van der Waals surface area contributed by atoms with Crippen LogP contribution in [0.3, 0.4) is 0 Å². The van der Waals surface area contributed by atoms with Crippen LogP contribution in [-0.2, 0) is 4.79 Å². The number of aryl methyl sites for hydroxylation is 1. The number of phenolic OH excluding ortho intramolecular Hbond substituents is 1. The number of methoxy groups -OCH3 is 1. The number of aromatic hydroxyl groups is 1. The van der Waals surface area contributed by atoms with Gasteiger partial charge >= 0.3 is 0 Å². The summed E-state index contributed by atoms with van der Waals surface area (Å²) in [6.45, 7) is 3.09. The molecule has 2 rings (SSSR count). The topological polar surface area (TPSA) is 88.5 Å². The van der Waals surface area contributed by atoms with E-state index in [9.17, 15) is 14.7 Å². The fourth-order valence-electron chi connectivity index (χ4n) is 1.89. The summed E-state index contributed by atoms with van der Waals surface area (Å²) in [6.07, 6.45) is 3.00. The lowest BCUT2D eigenvalue weighted by Crippen LogP contribution is -2.04. The monoisotopic (exact) mass is 332 g/mol. The molecule has 0 bridgehead atoms. The first-order valence-corrected chi connectivity index (χ1v) is 7.56. The molecule has 0 saturated carbocycles. The lowest BCUT2D eigenvalue weighted by Gasteiger charge is -2.03. The molecule has 2 aromatic rings. The Balaban J connectivity index is 2.16. The van der Waals surface area contributed by atoms with E-state index in [1.165, 1.54) is 26.2 Å². The van der Waals surface area contributed by atoms with E-state index in [4.69, 9.17) is 4.74 Å². The SMILES string of the molecule is COc1ccc(C=CC(=O)c2sc(NC(C)=O)nc2C)cc1O. The number of thiazole rings is 1. The molecule has 0 aliphatic carbocycles. The van der Waals surface area contributed by atoms with E-state index in [-0.39, 0.29) is 17.4 Å². The van der Waals surface area contributed by atoms with E-state index in [1.807, 2.05) is 0 Å². The van der Waals surface area contributed by atoms with Gasteiger partial charge in [0, 0.05) is 6.92 Å². The standard InChI is InChI=1S/C16H16N2O4S/c1-9-15(23-16(17-9)18-10(2)19)12(20)6-4-11-5-7-14(22-3)13(21)8-11/h4-8,21H,1-3H3,(H,17,18,19). The predicted octanol–water partition coefficient (Wildman–Crippen LogP) is 3.02. The zero-order valence-electron chi connectivity index (χ0n) is 12.9. The lowest BCUT2D eigenvalue weighted by molar-refractivity contribution is -0.114. The highest BCUT2D eigenvalue weighted by molar-refractivity contribution is 7.17. The molecule has 1 amide bonds. The van der Waals surface area contributed by atoms with Gasteiger partial charge in [0.2, 0.25) is 5.91 Å². The summed E-state index contributed by atoms with van der Waals surface area (Å²) in [5.41, 5.74) is 1.23. The number of amides is 1. The highest BCUT2D eigenvalue weighted by Crippen LogP contribution is 2.27. The van der Waals surface area contributed by atoms with Gasteiger partial charge in [-0.25, -0.2) is 4.98 Å². The number of carbonyl (C=O) groups excluding carboxylic acids is 2. The second-order valence-electron chi connectivity index (χ2n) is 4.74. The molecule has 0 fully saturated rings. The van der Waals surface area contributed by atoms with E-state index in [0.29, 0.717) is 27.0 Å². The Morgan fingerprint density at radius 2 is 2.13 bits per heavy atom. The number of phenols is 1. The van der Waals surface area contributed by atoms with Crippen LogP contribution in [0.1, 0.15) is 27.9 Å². The van der Waals surface area contributed by atoms with Crippen LogP contribution in [0, 0.1) is 6.92 Å². The number of hydrogen-bond donors (Lipinski definition) is 2. The number of nitrogens with one attached hydrogen (secondary N) is 1. The van der Waals surface area contributed by atoms with Gasteiger partial charge in [-0.2, -0.15) is 0 Å². The molecular weight excluding hydrogens is 316 g/mol. The second-order valence-corrected chi connectivity index (χ2v) is 5.74. The van der Waals surface area contributed by atoms with Crippen molar-refractivity contribution in [2.45, 2.75) is 13.8 Å². The minimum absolute atomic E-state index is 0.00372. The maximum absolute atomic E-state index is 12.2. The quantitative estimate of drug-likeness (QED) is 0.649. The largest absolute Gasteiger partial charge is 0.504 e. The lowest BCUT2D eigenvalue weighted by atomic mass is 10.1. The van der Waals surface area contributed by atoms with Gasteiger partial charge in [0.1, 0.15) is 0 Å². The molecule has 23 heavy (non-hydrogen) atoms. The molecule has 7 heteroatoms. The van der Waals surface area contributed by atoms with E-state index >= 15 is 0 Å². The number of nitrogens with zero attached hydrogens (tertiary/aromatic N) is 1. The second kappa shape index (κ2) is 7.06. The molecule has 2 N–H and O–H groups in total. The fraction of sp³-hybridized carbons (Fsp3) is 0.188. The van der Waals surface area contributed by atoms with Crippen molar-refractivity contribution in [3.63, 3.8) is 0 Å². The molecule has 1 heterocycles. The van der Waals surface area contributed by atoms with Crippen LogP contribution in [0.2, 0.25) is 0 Å². The van der Waals surface area contributed by atoms with Crippen molar-refractivity contribution in [3.05, 3.63) is 40.4 Å². The van der Waals surface area contributed by atoms with E-state index in [1.54, 1.807) is 25.1 Å². The first-order valence-electron chi connectivity index (χ1n) is 6.75. The van der Waals surface area contributed by atoms with Crippen molar-refractivity contribution < 1.29 is 19.4 Å². The van der Waals surface area contributed by atoms with Crippen LogP contribution in [-0.4, -0.2) is 28.9 Å². The van der Waals surface area contributed by atoms with E-state index in [0.717, 1.165) is 11.3 Å². The van der Waals surface area contributed by atoms with Crippen molar-refractivity contribution in [2.75, 3.05) is 12.4 Å². The summed E-state index contributed by atoms with van der Waals surface area (Å²) in [4.78, 5) is 27.9. The number of anilines is 1. The van der Waals surface area contributed by atoms with Crippen molar-refractivity contribution in [3.8, 4) is 11.5 Å². The van der Waals surface area contributed by atoms with E-state index in [2.05, 4.69) is 10.3 Å². The summed E-state index contributed by atoms with van der Waals surface area (Å²) in [7, 11) is 1.47. The Labute approximate surface area is 137 Å². The minimum atomic E-state index is -0.234. The van der Waals surface area contributed by atoms with Crippen molar-refractivity contribution in [2.24, 2.45) is 0 Å². The van der Waals surface area contributed by atoms with Crippen molar-refractivity contribution in [1.29, 1.82) is 0 Å². The summed E-state index contributed by atoms with van der Waals surface area (Å²) >= 11 is 1.13. The third kappa shape index (κ3) is 4.17. The number of allylic oxidation sites excluding steroid dienone is 1. The third-order valence-electron chi connectivity index (χ3n) is 2.93. The number of ketones is 1. The Kier molecular flexibility index (Phi) is 5.13. The number of ether oxygens (including phenoxy) is 1. The Bertz CT molecular complexity index is 780. The van der Waals surface area contributed by atoms with Crippen molar-refractivity contribution in [1.82, 2.24) is 4.98 Å². The number of hydrogen-bond acceptors (Lipinski definition) is 6. The number of rotatable bonds is 5. The first kappa shape index (κ1) is 16.7. The molecule has 1 aromatic heterocycles. The summed E-state index contributed by atoms with van der Waals surface area (Å²) in [5.74, 6) is -0.0790. The van der Waals surface area contributed by atoms with Gasteiger partial charge in [0.15, 0.2) is 22.4 Å². The molecule has 0 aliphatic rings. The first-order chi connectivity index (χ1) is 10.9. The fourth-order valence-corrected chi connectivity index (χ4v) is 2.82. The molecule has 0 spiro atoms. The van der Waals surface area contributed by atoms with Gasteiger partial charge in [-0.3, -0.25) is 9.59 Å². The average Bonchev–Trinajstić information content (AvgIpc) is 2.84. The molecule has 0 radical (unpaired) electrons. The van der Waals surface area contributed by atoms with Crippen LogP contribution in [0.4, 0.5) is 5.13 Å². The zero-order valence-corrected chi connectivity index (χ0v) is 13.7. The molecule has 1 aromatic carbocycles. The van der Waals surface area contributed by atoms with Crippen LogP contribution in [0.15, 0.2) is 24.3 Å². The van der Waals surface area contributed by atoms with Gasteiger partial charge in [0.05, 0.1) is 17.7 Å². The van der Waals surface area contributed by atoms with Gasteiger partial charge in [-0.15, -0.1) is 0 Å². The Morgan fingerprint density at radius 3 is 2.74 bits per heavy atom. The summed E-state index contributed by atoms with van der Waals surface area (Å²) in [6, 6.07) is 4.85. The van der Waals surface area contributed by atoms with Crippen LogP contribution < -0.4 is 10.1 Å². The normalized spacial score (nSPS) is 10.7. The Hall–Kier alpha value is -2.67. The maximum atomic E-state index is 12.2. The minimum Gasteiger partial charge on any atom is -0.504 e. The molecule has 0 unspecified atom stereocenters. The number of aromatic nitrogens is 1. The summed E-state index contributed by atoms with van der Waals surface area (Å²) < 4.78 is 4.96. The molecule has 0 atom stereocenters. The van der Waals surface area contributed by atoms with Crippen LogP contribution >= 0.6 is 11.3 Å². The predicted molar refractivity (Wildman–Crippen MR) is 89.2 cm³/mol. The highest BCUT2D eigenvalue weighted by Gasteiger charge is 2.13. The van der Waals surface area contributed by atoms with Gasteiger partial charge in [-0.05, 0) is 30.7 Å². The number of carbonyl (C=O) groups is 2. The molecule has 0 saturated heterocycles. The van der Waals surface area contributed by atoms with Crippen LogP contribution in [0.25, 0.3) is 6.08 Å². The highest BCUT2D eigenvalue weighted by atomic mass is 32.1. The third-order valence-corrected chi connectivity index (χ3v) is 4.02.